The van der Waals surface area contributed by atoms with Crippen LogP contribution < -0.4 is 16.8 Å². The molecule has 1 amide bonds. The van der Waals surface area contributed by atoms with E-state index in [0.717, 1.165) is 31.4 Å². The molecule has 0 aliphatic carbocycles. The van der Waals surface area contributed by atoms with Gasteiger partial charge in [0, 0.05) is 6.42 Å². The molecule has 0 radical (unpaired) electrons. The standard InChI is InChI=1S/C14H21NO2.C5H10N2O3/c1-2-3-7-10-15-13(14(16)17)11-12-8-5-4-6-9-12;6-3(5(9)10)1-2-4(7)8/h4-6,8-9,13,15H,2-3,7,10-11H2,1H3,(H,16,17);3H,1-2,6H2,(H2,7,8)(H,9,10). The fraction of sp³-hybridized carbons (Fsp3) is 0.526. The number of benzene rings is 1. The van der Waals surface area contributed by atoms with E-state index in [1.54, 1.807) is 0 Å². The molecule has 0 saturated carbocycles. The van der Waals surface area contributed by atoms with E-state index in [4.69, 9.17) is 21.7 Å². The number of nitrogens with two attached hydrogens (primary N) is 2. The first-order valence-corrected chi connectivity index (χ1v) is 9.04. The number of hydrogen-bond donors (Lipinski definition) is 5. The van der Waals surface area contributed by atoms with E-state index in [-0.39, 0.29) is 12.8 Å². The van der Waals surface area contributed by atoms with Crippen LogP contribution in [0.2, 0.25) is 0 Å². The van der Waals surface area contributed by atoms with Crippen molar-refractivity contribution in [2.75, 3.05) is 6.54 Å². The Morgan fingerprint density at radius 1 is 1.07 bits per heavy atom. The molecule has 0 fully saturated rings. The van der Waals surface area contributed by atoms with Gasteiger partial charge in [-0.05, 0) is 31.4 Å². The fourth-order valence-electron chi connectivity index (χ4n) is 2.17. The molecule has 152 valence electrons. The van der Waals surface area contributed by atoms with Crippen LogP contribution in [0.15, 0.2) is 30.3 Å². The van der Waals surface area contributed by atoms with Gasteiger partial charge in [-0.15, -0.1) is 0 Å². The van der Waals surface area contributed by atoms with E-state index in [1.165, 1.54) is 0 Å². The quantitative estimate of drug-likeness (QED) is 0.340. The van der Waals surface area contributed by atoms with Crippen LogP contribution in [0.4, 0.5) is 0 Å². The van der Waals surface area contributed by atoms with E-state index in [1.807, 2.05) is 30.3 Å². The highest BCUT2D eigenvalue weighted by Crippen LogP contribution is 2.04. The van der Waals surface area contributed by atoms with Crippen molar-refractivity contribution < 1.29 is 24.6 Å². The largest absolute Gasteiger partial charge is 0.480 e. The summed E-state index contributed by atoms with van der Waals surface area (Å²) in [6.45, 7) is 2.91. The molecule has 0 saturated heterocycles. The summed E-state index contributed by atoms with van der Waals surface area (Å²) in [5.41, 5.74) is 10.9. The van der Waals surface area contributed by atoms with Crippen molar-refractivity contribution in [2.24, 2.45) is 11.5 Å². The average Bonchev–Trinajstić information content (AvgIpc) is 2.63. The van der Waals surface area contributed by atoms with Crippen molar-refractivity contribution in [3.63, 3.8) is 0 Å². The van der Waals surface area contributed by atoms with Gasteiger partial charge in [0.25, 0.3) is 0 Å². The smallest absolute Gasteiger partial charge is 0.321 e. The predicted octanol–water partition coefficient (Wildman–Crippen LogP) is 1.13. The van der Waals surface area contributed by atoms with E-state index < -0.39 is 29.9 Å². The second-order valence-corrected chi connectivity index (χ2v) is 6.19. The summed E-state index contributed by atoms with van der Waals surface area (Å²) in [6, 6.07) is 8.28. The molecule has 0 bridgehead atoms. The van der Waals surface area contributed by atoms with Gasteiger partial charge in [-0.2, -0.15) is 0 Å². The minimum atomic E-state index is -1.11. The van der Waals surface area contributed by atoms with Crippen LogP contribution >= 0.6 is 0 Å². The lowest BCUT2D eigenvalue weighted by Gasteiger charge is -2.14. The van der Waals surface area contributed by atoms with Gasteiger partial charge in [-0.3, -0.25) is 14.4 Å². The third kappa shape index (κ3) is 13.4. The third-order valence-electron chi connectivity index (χ3n) is 3.77. The Hall–Kier alpha value is -2.45. The van der Waals surface area contributed by atoms with Crippen molar-refractivity contribution >= 4 is 17.8 Å². The summed E-state index contributed by atoms with van der Waals surface area (Å²) in [6.07, 6.45) is 4.00. The number of primary amides is 1. The zero-order chi connectivity index (χ0) is 20.7. The number of hydrogen-bond acceptors (Lipinski definition) is 5. The summed E-state index contributed by atoms with van der Waals surface area (Å²) in [7, 11) is 0. The van der Waals surface area contributed by atoms with Gasteiger partial charge in [-0.25, -0.2) is 0 Å². The number of carbonyl (C=O) groups is 3. The van der Waals surface area contributed by atoms with Crippen LogP contribution in [0.5, 0.6) is 0 Å². The Bertz CT molecular complexity index is 566. The minimum absolute atomic E-state index is 0.0213. The van der Waals surface area contributed by atoms with Gasteiger partial charge in [0.05, 0.1) is 0 Å². The van der Waals surface area contributed by atoms with Crippen molar-refractivity contribution in [1.82, 2.24) is 5.32 Å². The number of aliphatic carboxylic acids is 2. The molecule has 0 aromatic heterocycles. The number of rotatable bonds is 12. The number of nitrogens with one attached hydrogen (secondary N) is 1. The second kappa shape index (κ2) is 14.7. The Kier molecular flexibility index (Phi) is 13.4. The number of unbranched alkanes of at least 4 members (excludes halogenated alkanes) is 2. The molecule has 0 aliphatic heterocycles. The summed E-state index contributed by atoms with van der Waals surface area (Å²) in [5.74, 6) is -2.41. The molecule has 1 aromatic carbocycles. The van der Waals surface area contributed by atoms with Crippen LogP contribution in [0.25, 0.3) is 0 Å². The van der Waals surface area contributed by atoms with Gasteiger partial charge < -0.3 is 27.0 Å². The molecule has 2 unspecified atom stereocenters. The highest BCUT2D eigenvalue weighted by molar-refractivity contribution is 5.77. The van der Waals surface area contributed by atoms with Gasteiger partial charge in [0.1, 0.15) is 12.1 Å². The lowest BCUT2D eigenvalue weighted by Crippen LogP contribution is -2.39. The monoisotopic (exact) mass is 381 g/mol. The number of carbonyl (C=O) groups excluding carboxylic acids is 1. The zero-order valence-electron chi connectivity index (χ0n) is 15.8. The van der Waals surface area contributed by atoms with Crippen molar-refractivity contribution in [1.29, 1.82) is 0 Å². The van der Waals surface area contributed by atoms with Crippen LogP contribution in [0, 0.1) is 0 Å². The maximum absolute atomic E-state index is 11.1. The molecule has 2 atom stereocenters. The lowest BCUT2D eigenvalue weighted by molar-refractivity contribution is -0.140. The Morgan fingerprint density at radius 3 is 2.19 bits per heavy atom. The molecule has 8 heteroatoms. The van der Waals surface area contributed by atoms with Crippen LogP contribution in [0.1, 0.15) is 44.6 Å². The van der Waals surface area contributed by atoms with Gasteiger partial charge >= 0.3 is 11.9 Å². The van der Waals surface area contributed by atoms with E-state index in [9.17, 15) is 14.4 Å². The maximum Gasteiger partial charge on any atom is 0.321 e. The highest BCUT2D eigenvalue weighted by atomic mass is 16.4. The van der Waals surface area contributed by atoms with E-state index >= 15 is 0 Å². The fourth-order valence-corrected chi connectivity index (χ4v) is 2.17. The molecule has 7 N–H and O–H groups in total. The van der Waals surface area contributed by atoms with Gasteiger partial charge in [0.15, 0.2) is 0 Å². The molecule has 27 heavy (non-hydrogen) atoms. The topological polar surface area (TPSA) is 156 Å². The van der Waals surface area contributed by atoms with Crippen LogP contribution in [-0.2, 0) is 20.8 Å². The normalized spacial score (nSPS) is 12.4. The van der Waals surface area contributed by atoms with Crippen LogP contribution in [-0.4, -0.2) is 46.7 Å². The van der Waals surface area contributed by atoms with Gasteiger partial charge in [0.2, 0.25) is 5.91 Å². The average molecular weight is 381 g/mol. The molecule has 0 aliphatic rings. The van der Waals surface area contributed by atoms with Crippen molar-refractivity contribution in [2.45, 2.75) is 57.5 Å². The Morgan fingerprint density at radius 2 is 1.70 bits per heavy atom. The maximum atomic E-state index is 11.1. The van der Waals surface area contributed by atoms with E-state index in [2.05, 4.69) is 12.2 Å². The SMILES string of the molecule is CCCCCNC(Cc1ccccc1)C(=O)O.NC(=O)CCC(N)C(=O)O. The van der Waals surface area contributed by atoms with Crippen molar-refractivity contribution in [3.05, 3.63) is 35.9 Å². The van der Waals surface area contributed by atoms with Crippen LogP contribution in [0.3, 0.4) is 0 Å². The minimum Gasteiger partial charge on any atom is -0.480 e. The highest BCUT2D eigenvalue weighted by Gasteiger charge is 2.16. The second-order valence-electron chi connectivity index (χ2n) is 6.19. The Balaban J connectivity index is 0.000000580. The summed E-state index contributed by atoms with van der Waals surface area (Å²) < 4.78 is 0. The molecular formula is C19H31N3O5. The number of carboxylic acid groups (broad SMARTS) is 2. The first-order valence-electron chi connectivity index (χ1n) is 9.04. The summed E-state index contributed by atoms with van der Waals surface area (Å²) in [5, 5.41) is 20.4. The predicted molar refractivity (Wildman–Crippen MR) is 103 cm³/mol. The number of amides is 1. The molecule has 1 rings (SSSR count). The number of carboxylic acids is 2. The Labute approximate surface area is 159 Å². The van der Waals surface area contributed by atoms with Crippen molar-refractivity contribution in [3.8, 4) is 0 Å². The van der Waals surface area contributed by atoms with E-state index in [0.29, 0.717) is 6.42 Å². The first kappa shape index (κ1) is 24.6. The van der Waals surface area contributed by atoms with Gasteiger partial charge in [-0.1, -0.05) is 50.1 Å². The third-order valence-corrected chi connectivity index (χ3v) is 3.77. The molecule has 1 aromatic rings. The molecule has 0 heterocycles. The molecule has 8 nitrogen and oxygen atoms in total. The molecule has 0 spiro atoms. The summed E-state index contributed by atoms with van der Waals surface area (Å²) in [4.78, 5) is 31.2. The zero-order valence-corrected chi connectivity index (χ0v) is 15.8. The summed E-state index contributed by atoms with van der Waals surface area (Å²) >= 11 is 0. The lowest BCUT2D eigenvalue weighted by atomic mass is 10.1. The first-order chi connectivity index (χ1) is 12.8. The molecular weight excluding hydrogens is 350 g/mol.